The van der Waals surface area contributed by atoms with Crippen molar-refractivity contribution in [3.05, 3.63) is 42.0 Å². The molecule has 0 aliphatic heterocycles. The maximum atomic E-state index is 9.24. The second kappa shape index (κ2) is 6.18. The van der Waals surface area contributed by atoms with Crippen molar-refractivity contribution in [2.75, 3.05) is 0 Å². The Bertz CT molecular complexity index is 671. The second-order valence-electron chi connectivity index (χ2n) is 5.88. The Balaban J connectivity index is 1.96. The minimum atomic E-state index is 0.320. The van der Waals surface area contributed by atoms with Crippen molar-refractivity contribution in [1.82, 2.24) is 0 Å². The van der Waals surface area contributed by atoms with Gasteiger partial charge in [-0.15, -0.1) is 0 Å². The van der Waals surface area contributed by atoms with Gasteiger partial charge in [-0.05, 0) is 43.7 Å². The molecule has 0 saturated heterocycles. The first-order chi connectivity index (χ1) is 10.3. The highest BCUT2D eigenvalue weighted by atomic mass is 16.5. The average Bonchev–Trinajstić information content (AvgIpc) is 2.55. The van der Waals surface area contributed by atoms with Crippen molar-refractivity contribution in [2.24, 2.45) is 5.92 Å². The number of hydrogen-bond donors (Lipinski definition) is 0. The van der Waals surface area contributed by atoms with E-state index in [9.17, 15) is 5.26 Å². The molecule has 1 aliphatic carbocycles. The van der Waals surface area contributed by atoms with E-state index in [0.717, 1.165) is 22.9 Å². The molecule has 108 valence electrons. The average molecular weight is 279 g/mol. The number of hydrogen-bond acceptors (Lipinski definition) is 2. The topological polar surface area (TPSA) is 33.0 Å². The van der Waals surface area contributed by atoms with E-state index in [0.29, 0.717) is 17.6 Å². The summed E-state index contributed by atoms with van der Waals surface area (Å²) in [5, 5.41) is 11.3. The van der Waals surface area contributed by atoms with Crippen LogP contribution in [0.3, 0.4) is 0 Å². The highest BCUT2D eigenvalue weighted by Gasteiger charge is 2.25. The van der Waals surface area contributed by atoms with Crippen molar-refractivity contribution >= 4 is 10.8 Å². The zero-order valence-electron chi connectivity index (χ0n) is 12.5. The summed E-state index contributed by atoms with van der Waals surface area (Å²) in [5.41, 5.74) is 0.716. The van der Waals surface area contributed by atoms with Gasteiger partial charge in [0.2, 0.25) is 0 Å². The smallest absolute Gasteiger partial charge is 0.127 e. The Hall–Kier alpha value is -2.01. The van der Waals surface area contributed by atoms with Gasteiger partial charge >= 0.3 is 0 Å². The van der Waals surface area contributed by atoms with Gasteiger partial charge in [-0.25, -0.2) is 0 Å². The molecule has 2 aromatic carbocycles. The Morgan fingerprint density at radius 3 is 2.62 bits per heavy atom. The van der Waals surface area contributed by atoms with E-state index >= 15 is 0 Å². The third-order valence-electron chi connectivity index (χ3n) is 4.65. The molecule has 0 radical (unpaired) electrons. The van der Waals surface area contributed by atoms with E-state index in [2.05, 4.69) is 19.1 Å². The molecule has 1 aliphatic rings. The van der Waals surface area contributed by atoms with Crippen LogP contribution in [0.5, 0.6) is 5.75 Å². The van der Waals surface area contributed by atoms with E-state index in [-0.39, 0.29) is 0 Å². The SMILES string of the molecule is CCC1CCCCC1Oc1ccc(C#N)c2ccccc12. The fraction of sp³-hybridized carbons (Fsp3) is 0.421. The molecule has 0 amide bonds. The van der Waals surface area contributed by atoms with Gasteiger partial charge in [-0.2, -0.15) is 5.26 Å². The third kappa shape index (κ3) is 2.74. The van der Waals surface area contributed by atoms with Crippen LogP contribution in [0.4, 0.5) is 0 Å². The number of nitrogens with zero attached hydrogens (tertiary/aromatic N) is 1. The number of nitriles is 1. The molecule has 2 heteroatoms. The summed E-state index contributed by atoms with van der Waals surface area (Å²) in [7, 11) is 0. The van der Waals surface area contributed by atoms with Gasteiger partial charge in [0.25, 0.3) is 0 Å². The summed E-state index contributed by atoms with van der Waals surface area (Å²) >= 11 is 0. The maximum Gasteiger partial charge on any atom is 0.127 e. The van der Waals surface area contributed by atoms with Crippen LogP contribution in [0.1, 0.15) is 44.6 Å². The third-order valence-corrected chi connectivity index (χ3v) is 4.65. The lowest BCUT2D eigenvalue weighted by Gasteiger charge is -2.31. The summed E-state index contributed by atoms with van der Waals surface area (Å²) < 4.78 is 6.36. The zero-order chi connectivity index (χ0) is 14.7. The molecule has 0 bridgehead atoms. The Kier molecular flexibility index (Phi) is 4.10. The largest absolute Gasteiger partial charge is 0.489 e. The van der Waals surface area contributed by atoms with Gasteiger partial charge in [0.1, 0.15) is 11.9 Å². The lowest BCUT2D eigenvalue weighted by Crippen LogP contribution is -2.29. The van der Waals surface area contributed by atoms with Crippen molar-refractivity contribution in [3.63, 3.8) is 0 Å². The summed E-state index contributed by atoms with van der Waals surface area (Å²) in [5.74, 6) is 1.59. The first kappa shape index (κ1) is 13.9. The molecule has 0 N–H and O–H groups in total. The van der Waals surface area contributed by atoms with Crippen molar-refractivity contribution in [3.8, 4) is 11.8 Å². The Labute approximate surface area is 126 Å². The van der Waals surface area contributed by atoms with E-state index in [1.165, 1.54) is 25.7 Å². The van der Waals surface area contributed by atoms with Crippen LogP contribution < -0.4 is 4.74 Å². The van der Waals surface area contributed by atoms with Crippen LogP contribution in [0, 0.1) is 17.2 Å². The highest BCUT2D eigenvalue weighted by molar-refractivity contribution is 5.92. The molecular weight excluding hydrogens is 258 g/mol. The molecule has 2 aromatic rings. The van der Waals surface area contributed by atoms with Crippen molar-refractivity contribution < 1.29 is 4.74 Å². The predicted molar refractivity (Wildman–Crippen MR) is 85.3 cm³/mol. The molecule has 2 nitrogen and oxygen atoms in total. The quantitative estimate of drug-likeness (QED) is 0.786. The molecule has 1 fully saturated rings. The molecular formula is C19H21NO. The minimum Gasteiger partial charge on any atom is -0.489 e. The first-order valence-electron chi connectivity index (χ1n) is 7.92. The minimum absolute atomic E-state index is 0.320. The van der Waals surface area contributed by atoms with Gasteiger partial charge in [0.15, 0.2) is 0 Å². The Morgan fingerprint density at radius 1 is 1.10 bits per heavy atom. The molecule has 2 unspecified atom stereocenters. The van der Waals surface area contributed by atoms with Crippen LogP contribution in [-0.4, -0.2) is 6.10 Å². The lowest BCUT2D eigenvalue weighted by molar-refractivity contribution is 0.0919. The van der Waals surface area contributed by atoms with Crippen LogP contribution in [-0.2, 0) is 0 Å². The van der Waals surface area contributed by atoms with Crippen LogP contribution in [0.25, 0.3) is 10.8 Å². The normalized spacial score (nSPS) is 21.9. The van der Waals surface area contributed by atoms with Crippen molar-refractivity contribution in [1.29, 1.82) is 5.26 Å². The fourth-order valence-electron chi connectivity index (χ4n) is 3.43. The maximum absolute atomic E-state index is 9.24. The summed E-state index contributed by atoms with van der Waals surface area (Å²) in [6.45, 7) is 2.25. The molecule has 3 rings (SSSR count). The van der Waals surface area contributed by atoms with Crippen LogP contribution in [0.2, 0.25) is 0 Å². The molecule has 0 aromatic heterocycles. The van der Waals surface area contributed by atoms with Crippen LogP contribution >= 0.6 is 0 Å². The fourth-order valence-corrected chi connectivity index (χ4v) is 3.43. The summed E-state index contributed by atoms with van der Waals surface area (Å²) in [6, 6.07) is 14.1. The van der Waals surface area contributed by atoms with E-state index in [4.69, 9.17) is 4.74 Å². The zero-order valence-corrected chi connectivity index (χ0v) is 12.5. The summed E-state index contributed by atoms with van der Waals surface area (Å²) in [6.07, 6.45) is 6.50. The van der Waals surface area contributed by atoms with E-state index in [1.807, 2.05) is 30.3 Å². The first-order valence-corrected chi connectivity index (χ1v) is 7.92. The molecule has 0 spiro atoms. The van der Waals surface area contributed by atoms with Gasteiger partial charge < -0.3 is 4.74 Å². The second-order valence-corrected chi connectivity index (χ2v) is 5.88. The monoisotopic (exact) mass is 279 g/mol. The highest BCUT2D eigenvalue weighted by Crippen LogP contribution is 2.34. The van der Waals surface area contributed by atoms with Gasteiger partial charge in [-0.1, -0.05) is 37.6 Å². The standard InChI is InChI=1S/C19H21NO/c1-2-14-7-3-6-10-18(14)21-19-12-11-15(13-20)16-8-4-5-9-17(16)19/h4-5,8-9,11-12,14,18H,2-3,6-7,10H2,1H3. The molecule has 2 atom stereocenters. The number of rotatable bonds is 3. The van der Waals surface area contributed by atoms with Gasteiger partial charge in [-0.3, -0.25) is 0 Å². The van der Waals surface area contributed by atoms with Gasteiger partial charge in [0, 0.05) is 10.8 Å². The molecule has 0 heterocycles. The van der Waals surface area contributed by atoms with Gasteiger partial charge in [0.05, 0.1) is 11.6 Å². The van der Waals surface area contributed by atoms with E-state index < -0.39 is 0 Å². The number of benzene rings is 2. The lowest BCUT2D eigenvalue weighted by atomic mass is 9.84. The number of fused-ring (bicyclic) bond motifs is 1. The van der Waals surface area contributed by atoms with E-state index in [1.54, 1.807) is 0 Å². The summed E-state index contributed by atoms with van der Waals surface area (Å²) in [4.78, 5) is 0. The molecule has 1 saturated carbocycles. The van der Waals surface area contributed by atoms with Crippen LogP contribution in [0.15, 0.2) is 36.4 Å². The Morgan fingerprint density at radius 2 is 1.86 bits per heavy atom. The van der Waals surface area contributed by atoms with Crippen molar-refractivity contribution in [2.45, 2.75) is 45.1 Å². The predicted octanol–water partition coefficient (Wildman–Crippen LogP) is 5.06. The number of ether oxygens (including phenoxy) is 1. The molecule has 21 heavy (non-hydrogen) atoms.